The average Bonchev–Trinajstić information content (AvgIpc) is 3.14. The molecular weight excluding hydrogens is 785 g/mol. The summed E-state index contributed by atoms with van der Waals surface area (Å²) >= 11 is 0. The van der Waals surface area contributed by atoms with Crippen molar-refractivity contribution in [1.29, 1.82) is 0 Å². The Bertz CT molecular complexity index is 1470. The van der Waals surface area contributed by atoms with E-state index in [2.05, 4.69) is 0 Å². The van der Waals surface area contributed by atoms with Crippen LogP contribution in [-0.2, 0) is 32.0 Å². The highest BCUT2D eigenvalue weighted by molar-refractivity contribution is 5.69. The van der Waals surface area contributed by atoms with E-state index in [4.69, 9.17) is 18.9 Å². The first-order valence-electron chi connectivity index (χ1n) is 22.9. The zero-order chi connectivity index (χ0) is 46.4. The lowest BCUT2D eigenvalue weighted by molar-refractivity contribution is 0.0198. The van der Waals surface area contributed by atoms with Gasteiger partial charge in [0.15, 0.2) is 0 Å². The molecule has 4 amide bonds. The SMILES string of the molecule is CC(C)(C)OC(=O)N(CCCCCCCCN(CCCCN(Cc1ccccc1)C(=O)OC(C)(C)C)C(=O)OC(C)(C)C)CCCCN(Cc1ccccc1)C(=O)OC(C)(C)C. The third-order valence-corrected chi connectivity index (χ3v) is 9.36. The molecule has 0 aliphatic heterocycles. The molecule has 2 aromatic carbocycles. The molecule has 12 heteroatoms. The van der Waals surface area contributed by atoms with Gasteiger partial charge in [0.1, 0.15) is 22.4 Å². The molecule has 0 fully saturated rings. The van der Waals surface area contributed by atoms with Crippen molar-refractivity contribution in [2.75, 3.05) is 39.3 Å². The van der Waals surface area contributed by atoms with Crippen molar-refractivity contribution in [1.82, 2.24) is 19.6 Å². The number of hydrogen-bond acceptors (Lipinski definition) is 8. The molecule has 12 nitrogen and oxygen atoms in total. The summed E-state index contributed by atoms with van der Waals surface area (Å²) in [6.07, 6.45) is 7.21. The molecule has 0 heterocycles. The summed E-state index contributed by atoms with van der Waals surface area (Å²) in [4.78, 5) is 59.7. The van der Waals surface area contributed by atoms with Crippen LogP contribution in [0.1, 0.15) is 158 Å². The molecule has 0 spiro atoms. The number of hydrogen-bond donors (Lipinski definition) is 0. The molecule has 0 aliphatic rings. The van der Waals surface area contributed by atoms with Crippen LogP contribution in [-0.4, -0.2) is 106 Å². The summed E-state index contributed by atoms with van der Waals surface area (Å²) < 4.78 is 23.0. The predicted octanol–water partition coefficient (Wildman–Crippen LogP) is 12.2. The van der Waals surface area contributed by atoms with Crippen molar-refractivity contribution in [3.8, 4) is 0 Å². The van der Waals surface area contributed by atoms with Gasteiger partial charge in [-0.1, -0.05) is 86.3 Å². The van der Waals surface area contributed by atoms with Gasteiger partial charge < -0.3 is 38.5 Å². The van der Waals surface area contributed by atoms with Gasteiger partial charge in [-0.15, -0.1) is 0 Å². The van der Waals surface area contributed by atoms with Crippen LogP contribution in [0, 0.1) is 0 Å². The van der Waals surface area contributed by atoms with Crippen molar-refractivity contribution in [3.05, 3.63) is 71.8 Å². The summed E-state index contributed by atoms with van der Waals surface area (Å²) in [6, 6.07) is 19.8. The molecule has 2 rings (SSSR count). The Morgan fingerprint density at radius 2 is 0.548 bits per heavy atom. The van der Waals surface area contributed by atoms with E-state index in [0.29, 0.717) is 65.2 Å². The van der Waals surface area contributed by atoms with Gasteiger partial charge in [-0.05, 0) is 133 Å². The number of unbranched alkanes of at least 4 members (excludes halogenated alkanes) is 7. The lowest BCUT2D eigenvalue weighted by Gasteiger charge is -2.29. The Balaban J connectivity index is 1.87. The molecule has 0 saturated carbocycles. The van der Waals surface area contributed by atoms with Crippen molar-refractivity contribution < 1.29 is 38.1 Å². The van der Waals surface area contributed by atoms with Crippen LogP contribution in [0.15, 0.2) is 60.7 Å². The normalized spacial score (nSPS) is 12.0. The third-order valence-electron chi connectivity index (χ3n) is 9.36. The maximum absolute atomic E-state index is 13.2. The van der Waals surface area contributed by atoms with Gasteiger partial charge in [0.05, 0.1) is 0 Å². The number of nitrogens with zero attached hydrogens (tertiary/aromatic N) is 4. The summed E-state index contributed by atoms with van der Waals surface area (Å²) in [5.41, 5.74) is -0.338. The van der Waals surface area contributed by atoms with Crippen LogP contribution in [0.3, 0.4) is 0 Å². The topological polar surface area (TPSA) is 118 Å². The van der Waals surface area contributed by atoms with E-state index < -0.39 is 22.4 Å². The van der Waals surface area contributed by atoms with E-state index in [0.717, 1.165) is 62.5 Å². The number of amides is 4. The minimum absolute atomic E-state index is 0.318. The first kappa shape index (κ1) is 53.7. The van der Waals surface area contributed by atoms with Crippen LogP contribution in [0.25, 0.3) is 0 Å². The third kappa shape index (κ3) is 25.5. The van der Waals surface area contributed by atoms with Crippen molar-refractivity contribution in [2.24, 2.45) is 0 Å². The Morgan fingerprint density at radius 3 is 0.806 bits per heavy atom. The average molecular weight is 867 g/mol. The summed E-state index contributed by atoms with van der Waals surface area (Å²) in [5.74, 6) is 0. The molecule has 62 heavy (non-hydrogen) atoms. The van der Waals surface area contributed by atoms with E-state index in [-0.39, 0.29) is 24.4 Å². The quantitative estimate of drug-likeness (QED) is 0.0800. The van der Waals surface area contributed by atoms with Gasteiger partial charge in [0, 0.05) is 52.4 Å². The monoisotopic (exact) mass is 867 g/mol. The summed E-state index contributed by atoms with van der Waals surface area (Å²) in [6.45, 7) is 26.7. The maximum atomic E-state index is 13.2. The van der Waals surface area contributed by atoms with E-state index in [1.54, 1.807) is 19.6 Å². The fourth-order valence-corrected chi connectivity index (χ4v) is 6.50. The van der Waals surface area contributed by atoms with Gasteiger partial charge in [-0.2, -0.15) is 0 Å². The zero-order valence-corrected chi connectivity index (χ0v) is 40.6. The second-order valence-corrected chi connectivity index (χ2v) is 20.2. The molecule has 0 N–H and O–H groups in total. The number of carbonyl (C=O) groups excluding carboxylic acids is 4. The molecule has 0 aliphatic carbocycles. The second kappa shape index (κ2) is 26.2. The Kier molecular flexibility index (Phi) is 22.7. The smallest absolute Gasteiger partial charge is 0.410 e. The van der Waals surface area contributed by atoms with Crippen LogP contribution in [0.4, 0.5) is 19.2 Å². The largest absolute Gasteiger partial charge is 0.444 e. The number of ether oxygens (including phenoxy) is 4. The molecule has 0 unspecified atom stereocenters. The van der Waals surface area contributed by atoms with Gasteiger partial charge in [-0.3, -0.25) is 0 Å². The molecule has 0 saturated heterocycles. The van der Waals surface area contributed by atoms with E-state index >= 15 is 0 Å². The van der Waals surface area contributed by atoms with E-state index in [1.807, 2.05) is 144 Å². The van der Waals surface area contributed by atoms with Gasteiger partial charge in [0.2, 0.25) is 0 Å². The van der Waals surface area contributed by atoms with E-state index in [1.165, 1.54) is 0 Å². The highest BCUT2D eigenvalue weighted by Gasteiger charge is 2.26. The lowest BCUT2D eigenvalue weighted by atomic mass is 10.1. The van der Waals surface area contributed by atoms with Crippen LogP contribution < -0.4 is 0 Å². The maximum Gasteiger partial charge on any atom is 0.410 e. The Hall–Kier alpha value is -4.48. The summed E-state index contributed by atoms with van der Waals surface area (Å²) in [7, 11) is 0. The Labute approximate surface area is 374 Å². The molecule has 2 aromatic rings. The highest BCUT2D eigenvalue weighted by atomic mass is 16.6. The minimum Gasteiger partial charge on any atom is -0.444 e. The molecule has 350 valence electrons. The minimum atomic E-state index is -0.603. The fraction of sp³-hybridized carbons (Fsp3) is 0.680. The molecule has 0 radical (unpaired) electrons. The van der Waals surface area contributed by atoms with Gasteiger partial charge in [0.25, 0.3) is 0 Å². The summed E-state index contributed by atoms with van der Waals surface area (Å²) in [5, 5.41) is 0. The Morgan fingerprint density at radius 1 is 0.339 bits per heavy atom. The van der Waals surface area contributed by atoms with Crippen molar-refractivity contribution in [3.63, 3.8) is 0 Å². The molecule has 0 aromatic heterocycles. The molecule has 0 atom stereocenters. The first-order chi connectivity index (χ1) is 28.9. The van der Waals surface area contributed by atoms with Crippen LogP contribution in [0.2, 0.25) is 0 Å². The molecular formula is C50H82N4O8. The zero-order valence-electron chi connectivity index (χ0n) is 40.6. The van der Waals surface area contributed by atoms with E-state index in [9.17, 15) is 19.2 Å². The van der Waals surface area contributed by atoms with Gasteiger partial charge >= 0.3 is 24.4 Å². The first-order valence-corrected chi connectivity index (χ1v) is 22.9. The number of benzene rings is 2. The second-order valence-electron chi connectivity index (χ2n) is 20.2. The lowest BCUT2D eigenvalue weighted by Crippen LogP contribution is -2.39. The highest BCUT2D eigenvalue weighted by Crippen LogP contribution is 2.18. The van der Waals surface area contributed by atoms with Crippen molar-refractivity contribution in [2.45, 2.75) is 183 Å². The van der Waals surface area contributed by atoms with Crippen LogP contribution >= 0.6 is 0 Å². The van der Waals surface area contributed by atoms with Crippen molar-refractivity contribution >= 4 is 24.4 Å². The van der Waals surface area contributed by atoms with Gasteiger partial charge in [-0.25, -0.2) is 19.2 Å². The number of rotatable bonds is 23. The van der Waals surface area contributed by atoms with Crippen LogP contribution in [0.5, 0.6) is 0 Å². The number of carbonyl (C=O) groups is 4. The standard InChI is InChI=1S/C50H82N4O8/c1-47(2,3)59-43(55)51(35-25-27-37-53(45(57)61-49(7,8)9)39-41-29-19-17-20-30-41)33-23-15-13-14-16-24-34-52(44(56)60-48(4,5)6)36-26-28-38-54(46(58)62-50(10,11)12)40-42-31-21-18-22-32-42/h17-22,29-32H,13-16,23-28,33-40H2,1-12H3. The predicted molar refractivity (Wildman–Crippen MR) is 248 cm³/mol. The molecule has 0 bridgehead atoms. The fourth-order valence-electron chi connectivity index (χ4n) is 6.50.